The van der Waals surface area contributed by atoms with Crippen molar-refractivity contribution in [3.8, 4) is 0 Å². The van der Waals surface area contributed by atoms with Crippen LogP contribution in [-0.2, 0) is 9.84 Å². The molecule has 2 aromatic heterocycles. The standard InChI is InChI=1S/C15H20N4O3S/c1-10(2)19-14-11(8-17-19)6-12(7-16-14)15(20)18(3)13-4-5-23(21,22)9-13/h6-8,10,13H,4-5,9H2,1-3H3/t13-/m1/s1. The molecule has 23 heavy (non-hydrogen) atoms. The van der Waals surface area contributed by atoms with Crippen LogP contribution in [0.25, 0.3) is 11.0 Å². The second-order valence-corrected chi connectivity index (χ2v) is 8.52. The summed E-state index contributed by atoms with van der Waals surface area (Å²) in [7, 11) is -1.37. The van der Waals surface area contributed by atoms with Gasteiger partial charge in [-0.15, -0.1) is 0 Å². The summed E-state index contributed by atoms with van der Waals surface area (Å²) in [6.07, 6.45) is 3.72. The van der Waals surface area contributed by atoms with Crippen molar-refractivity contribution in [3.63, 3.8) is 0 Å². The Balaban J connectivity index is 1.86. The lowest BCUT2D eigenvalue weighted by molar-refractivity contribution is 0.0747. The molecule has 1 saturated heterocycles. The smallest absolute Gasteiger partial charge is 0.255 e. The molecule has 1 aliphatic rings. The van der Waals surface area contributed by atoms with E-state index in [1.165, 1.54) is 11.1 Å². The normalized spacial score (nSPS) is 20.3. The summed E-state index contributed by atoms with van der Waals surface area (Å²) in [6, 6.07) is 1.69. The lowest BCUT2D eigenvalue weighted by Gasteiger charge is -2.23. The van der Waals surface area contributed by atoms with E-state index in [0.717, 1.165) is 11.0 Å². The Morgan fingerprint density at radius 3 is 2.74 bits per heavy atom. The number of carbonyl (C=O) groups is 1. The molecule has 0 unspecified atom stereocenters. The number of carbonyl (C=O) groups excluding carboxylic acids is 1. The van der Waals surface area contributed by atoms with Crippen molar-refractivity contribution in [1.82, 2.24) is 19.7 Å². The van der Waals surface area contributed by atoms with Crippen molar-refractivity contribution >= 4 is 26.8 Å². The average molecular weight is 336 g/mol. The van der Waals surface area contributed by atoms with E-state index in [-0.39, 0.29) is 29.5 Å². The van der Waals surface area contributed by atoms with Gasteiger partial charge in [0.25, 0.3) is 5.91 Å². The van der Waals surface area contributed by atoms with Crippen molar-refractivity contribution < 1.29 is 13.2 Å². The number of hydrogen-bond acceptors (Lipinski definition) is 5. The minimum Gasteiger partial charge on any atom is -0.338 e. The topological polar surface area (TPSA) is 85.2 Å². The SMILES string of the molecule is CC(C)n1ncc2cc(C(=O)N(C)[C@@H]3CCS(=O)(=O)C3)cnc21. The highest BCUT2D eigenvalue weighted by Gasteiger charge is 2.33. The molecule has 0 bridgehead atoms. The Hall–Kier alpha value is -1.96. The molecule has 0 saturated carbocycles. The first-order chi connectivity index (χ1) is 10.8. The number of nitrogens with zero attached hydrogens (tertiary/aromatic N) is 4. The second kappa shape index (κ2) is 5.59. The molecule has 1 aliphatic heterocycles. The first-order valence-corrected chi connectivity index (χ1v) is 9.41. The second-order valence-electron chi connectivity index (χ2n) is 6.29. The summed E-state index contributed by atoms with van der Waals surface area (Å²) >= 11 is 0. The summed E-state index contributed by atoms with van der Waals surface area (Å²) in [5.41, 5.74) is 1.19. The molecule has 1 amide bonds. The van der Waals surface area contributed by atoms with Gasteiger partial charge < -0.3 is 4.90 Å². The fourth-order valence-corrected chi connectivity index (χ4v) is 4.66. The molecule has 0 N–H and O–H groups in total. The summed E-state index contributed by atoms with van der Waals surface area (Å²) in [6.45, 7) is 4.03. The zero-order valence-corrected chi connectivity index (χ0v) is 14.2. The largest absolute Gasteiger partial charge is 0.338 e. The highest BCUT2D eigenvalue weighted by molar-refractivity contribution is 7.91. The fourth-order valence-electron chi connectivity index (χ4n) is 2.89. The van der Waals surface area contributed by atoms with Gasteiger partial charge in [0.05, 0.1) is 23.3 Å². The van der Waals surface area contributed by atoms with E-state index in [0.29, 0.717) is 12.0 Å². The van der Waals surface area contributed by atoms with Gasteiger partial charge >= 0.3 is 0 Å². The van der Waals surface area contributed by atoms with Gasteiger partial charge in [0.2, 0.25) is 0 Å². The van der Waals surface area contributed by atoms with E-state index in [1.807, 2.05) is 13.8 Å². The van der Waals surface area contributed by atoms with Crippen LogP contribution in [0.1, 0.15) is 36.7 Å². The molecule has 7 nitrogen and oxygen atoms in total. The van der Waals surface area contributed by atoms with Crippen LogP contribution >= 0.6 is 0 Å². The van der Waals surface area contributed by atoms with Crippen molar-refractivity contribution in [2.24, 2.45) is 0 Å². The summed E-state index contributed by atoms with van der Waals surface area (Å²) in [5.74, 6) is -0.0250. The van der Waals surface area contributed by atoms with E-state index < -0.39 is 9.84 Å². The maximum absolute atomic E-state index is 12.6. The number of sulfone groups is 1. The quantitative estimate of drug-likeness (QED) is 0.843. The molecule has 2 aromatic rings. The minimum atomic E-state index is -3.02. The van der Waals surface area contributed by atoms with Crippen molar-refractivity contribution in [3.05, 3.63) is 24.0 Å². The van der Waals surface area contributed by atoms with Crippen LogP contribution < -0.4 is 0 Å². The Morgan fingerprint density at radius 1 is 1.39 bits per heavy atom. The molecular weight excluding hydrogens is 316 g/mol. The number of rotatable bonds is 3. The number of pyridine rings is 1. The number of aromatic nitrogens is 3. The highest BCUT2D eigenvalue weighted by Crippen LogP contribution is 2.21. The van der Waals surface area contributed by atoms with Gasteiger partial charge in [0, 0.05) is 30.7 Å². The zero-order valence-electron chi connectivity index (χ0n) is 13.4. The van der Waals surface area contributed by atoms with Crippen molar-refractivity contribution in [2.45, 2.75) is 32.4 Å². The molecule has 0 aromatic carbocycles. The summed E-state index contributed by atoms with van der Waals surface area (Å²) < 4.78 is 25.0. The van der Waals surface area contributed by atoms with Crippen molar-refractivity contribution in [2.75, 3.05) is 18.6 Å². The maximum Gasteiger partial charge on any atom is 0.255 e. The van der Waals surface area contributed by atoms with Crippen LogP contribution in [-0.4, -0.2) is 58.6 Å². The molecule has 0 spiro atoms. The first-order valence-electron chi connectivity index (χ1n) is 7.59. The third-order valence-electron chi connectivity index (χ3n) is 4.25. The molecule has 0 radical (unpaired) electrons. The van der Waals surface area contributed by atoms with E-state index >= 15 is 0 Å². The van der Waals surface area contributed by atoms with E-state index in [4.69, 9.17) is 0 Å². The Kier molecular flexibility index (Phi) is 3.87. The zero-order chi connectivity index (χ0) is 16.8. The first kappa shape index (κ1) is 15.9. The van der Waals surface area contributed by atoms with E-state index in [1.54, 1.807) is 24.0 Å². The predicted molar refractivity (Wildman–Crippen MR) is 87.1 cm³/mol. The van der Waals surface area contributed by atoms with Gasteiger partial charge in [-0.3, -0.25) is 4.79 Å². The average Bonchev–Trinajstić information content (AvgIpc) is 3.08. The van der Waals surface area contributed by atoms with Crippen LogP contribution in [0.5, 0.6) is 0 Å². The molecule has 124 valence electrons. The highest BCUT2D eigenvalue weighted by atomic mass is 32.2. The van der Waals surface area contributed by atoms with Crippen LogP contribution in [0.2, 0.25) is 0 Å². The Labute approximate surface area is 135 Å². The van der Waals surface area contributed by atoms with Gasteiger partial charge in [-0.1, -0.05) is 0 Å². The number of hydrogen-bond donors (Lipinski definition) is 0. The predicted octanol–water partition coefficient (Wildman–Crippen LogP) is 1.27. The van der Waals surface area contributed by atoms with Gasteiger partial charge in [-0.05, 0) is 26.3 Å². The summed E-state index contributed by atoms with van der Waals surface area (Å²) in [5, 5.41) is 5.09. The molecule has 1 fully saturated rings. The van der Waals surface area contributed by atoms with Gasteiger partial charge in [0.1, 0.15) is 0 Å². The van der Waals surface area contributed by atoms with E-state index in [2.05, 4.69) is 10.1 Å². The Morgan fingerprint density at radius 2 is 2.13 bits per heavy atom. The van der Waals surface area contributed by atoms with E-state index in [9.17, 15) is 13.2 Å². The van der Waals surface area contributed by atoms with Gasteiger partial charge in [0.15, 0.2) is 15.5 Å². The van der Waals surface area contributed by atoms with Crippen LogP contribution in [0, 0.1) is 0 Å². The van der Waals surface area contributed by atoms with Crippen LogP contribution in [0.15, 0.2) is 18.5 Å². The molecule has 1 atom stereocenters. The number of amides is 1. The monoisotopic (exact) mass is 336 g/mol. The lowest BCUT2D eigenvalue weighted by Crippen LogP contribution is -2.37. The summed E-state index contributed by atoms with van der Waals surface area (Å²) in [4.78, 5) is 18.5. The third-order valence-corrected chi connectivity index (χ3v) is 6.00. The van der Waals surface area contributed by atoms with Gasteiger partial charge in [-0.25, -0.2) is 18.1 Å². The fraction of sp³-hybridized carbons (Fsp3) is 0.533. The molecule has 0 aliphatic carbocycles. The maximum atomic E-state index is 12.6. The van der Waals surface area contributed by atoms with Crippen molar-refractivity contribution in [1.29, 1.82) is 0 Å². The lowest BCUT2D eigenvalue weighted by atomic mass is 10.1. The van der Waals surface area contributed by atoms with Gasteiger partial charge in [-0.2, -0.15) is 5.10 Å². The molecule has 3 heterocycles. The third kappa shape index (κ3) is 2.95. The van der Waals surface area contributed by atoms with Crippen LogP contribution in [0.3, 0.4) is 0 Å². The van der Waals surface area contributed by atoms with Crippen LogP contribution in [0.4, 0.5) is 0 Å². The molecule has 3 rings (SSSR count). The minimum absolute atomic E-state index is 0.0379. The molecule has 8 heteroatoms. The Bertz CT molecular complexity index is 857. The number of fused-ring (bicyclic) bond motifs is 1. The molecular formula is C15H20N4O3S.